The summed E-state index contributed by atoms with van der Waals surface area (Å²) in [6.45, 7) is 6.74. The predicted octanol–water partition coefficient (Wildman–Crippen LogP) is 3.35. The van der Waals surface area contributed by atoms with Gasteiger partial charge in [0.05, 0.1) is 11.1 Å². The largest absolute Gasteiger partial charge is 0.456 e. The van der Waals surface area contributed by atoms with Crippen molar-refractivity contribution in [3.05, 3.63) is 70.3 Å². The highest BCUT2D eigenvalue weighted by molar-refractivity contribution is 6.22. The van der Waals surface area contributed by atoms with E-state index in [9.17, 15) is 19.2 Å². The number of benzene rings is 2. The molecule has 150 valence electrons. The van der Waals surface area contributed by atoms with E-state index < -0.39 is 30.4 Å². The topological polar surface area (TPSA) is 80.8 Å². The number of ketones is 1. The smallest absolute Gasteiger partial charge is 0.330 e. The van der Waals surface area contributed by atoms with Gasteiger partial charge >= 0.3 is 5.97 Å². The average Bonchev–Trinajstić information content (AvgIpc) is 2.91. The molecule has 0 aliphatic carbocycles. The van der Waals surface area contributed by atoms with Crippen LogP contribution in [0.15, 0.2) is 42.5 Å². The van der Waals surface area contributed by atoms with E-state index >= 15 is 0 Å². The first-order valence-electron chi connectivity index (χ1n) is 9.46. The monoisotopic (exact) mass is 393 g/mol. The Kier molecular flexibility index (Phi) is 5.64. The lowest BCUT2D eigenvalue weighted by Crippen LogP contribution is -2.49. The van der Waals surface area contributed by atoms with Gasteiger partial charge in [-0.15, -0.1) is 0 Å². The van der Waals surface area contributed by atoms with Gasteiger partial charge in [-0.25, -0.2) is 4.79 Å². The van der Waals surface area contributed by atoms with Crippen molar-refractivity contribution in [2.75, 3.05) is 6.61 Å². The molecule has 2 aromatic rings. The van der Waals surface area contributed by atoms with Gasteiger partial charge in [-0.05, 0) is 37.5 Å². The third-order valence-electron chi connectivity index (χ3n) is 5.00. The predicted molar refractivity (Wildman–Crippen MR) is 107 cm³/mol. The molecule has 6 heteroatoms. The first kappa shape index (κ1) is 20.5. The molecule has 3 rings (SSSR count). The van der Waals surface area contributed by atoms with E-state index in [0.29, 0.717) is 5.56 Å². The fraction of sp³-hybridized carbons (Fsp3) is 0.304. The van der Waals surface area contributed by atoms with E-state index in [1.165, 1.54) is 0 Å². The van der Waals surface area contributed by atoms with Gasteiger partial charge in [-0.3, -0.25) is 19.3 Å². The SMILES string of the molecule is Cc1ccc(C(=O)COC(=O)[C@@H](C(C)C)N2C(=O)c3ccccc3C2=O)c(C)c1. The first-order valence-corrected chi connectivity index (χ1v) is 9.46. The number of aryl methyl sites for hydroxylation is 2. The van der Waals surface area contributed by atoms with Crippen LogP contribution < -0.4 is 0 Å². The molecule has 0 saturated heterocycles. The Labute approximate surface area is 169 Å². The fourth-order valence-electron chi connectivity index (χ4n) is 3.56. The number of esters is 1. The molecule has 0 bridgehead atoms. The van der Waals surface area contributed by atoms with Gasteiger partial charge in [0.15, 0.2) is 6.61 Å². The van der Waals surface area contributed by atoms with E-state index in [4.69, 9.17) is 4.74 Å². The van der Waals surface area contributed by atoms with Gasteiger partial charge in [-0.1, -0.05) is 49.7 Å². The van der Waals surface area contributed by atoms with Crippen LogP contribution in [0, 0.1) is 19.8 Å². The van der Waals surface area contributed by atoms with Crippen LogP contribution in [0.3, 0.4) is 0 Å². The maximum atomic E-state index is 12.8. The minimum absolute atomic E-state index is 0.266. The number of fused-ring (bicyclic) bond motifs is 1. The molecule has 6 nitrogen and oxygen atoms in total. The Balaban J connectivity index is 1.77. The van der Waals surface area contributed by atoms with Crippen LogP contribution in [0.1, 0.15) is 56.0 Å². The summed E-state index contributed by atoms with van der Waals surface area (Å²) in [6.07, 6.45) is 0. The van der Waals surface area contributed by atoms with Gasteiger partial charge in [-0.2, -0.15) is 0 Å². The van der Waals surface area contributed by atoms with Crippen LogP contribution in [0.2, 0.25) is 0 Å². The van der Waals surface area contributed by atoms with Crippen molar-refractivity contribution in [1.82, 2.24) is 4.90 Å². The second-order valence-corrected chi connectivity index (χ2v) is 7.56. The van der Waals surface area contributed by atoms with Crippen LogP contribution >= 0.6 is 0 Å². The van der Waals surface area contributed by atoms with E-state index in [-0.39, 0.29) is 22.8 Å². The number of amides is 2. The molecule has 1 aliphatic rings. The Morgan fingerprint density at radius 3 is 2.07 bits per heavy atom. The lowest BCUT2D eigenvalue weighted by Gasteiger charge is -2.27. The third kappa shape index (κ3) is 3.83. The fourth-order valence-corrected chi connectivity index (χ4v) is 3.56. The van der Waals surface area contributed by atoms with Crippen molar-refractivity contribution >= 4 is 23.6 Å². The van der Waals surface area contributed by atoms with Gasteiger partial charge in [0.2, 0.25) is 5.78 Å². The molecule has 2 amide bonds. The van der Waals surface area contributed by atoms with Gasteiger partial charge < -0.3 is 4.74 Å². The first-order chi connectivity index (χ1) is 13.7. The molecule has 0 N–H and O–H groups in total. The Hall–Kier alpha value is -3.28. The molecule has 2 aromatic carbocycles. The number of carbonyl (C=O) groups is 4. The van der Waals surface area contributed by atoms with E-state index in [0.717, 1.165) is 16.0 Å². The summed E-state index contributed by atoms with van der Waals surface area (Å²) in [5.74, 6) is -2.53. The van der Waals surface area contributed by atoms with E-state index in [1.54, 1.807) is 44.2 Å². The lowest BCUT2D eigenvalue weighted by atomic mass is 10.0. The molecule has 1 atom stereocenters. The number of hydrogen-bond donors (Lipinski definition) is 0. The van der Waals surface area contributed by atoms with Crippen molar-refractivity contribution in [3.63, 3.8) is 0 Å². The number of Topliss-reactive ketones (excluding diaryl/α,β-unsaturated/α-hetero) is 1. The molecule has 0 radical (unpaired) electrons. The quantitative estimate of drug-likeness (QED) is 0.427. The molecule has 1 heterocycles. The number of imide groups is 1. The Morgan fingerprint density at radius 2 is 1.55 bits per heavy atom. The number of carbonyl (C=O) groups excluding carboxylic acids is 4. The molecule has 0 unspecified atom stereocenters. The van der Waals surface area contributed by atoms with Crippen LogP contribution in [-0.2, 0) is 9.53 Å². The highest BCUT2D eigenvalue weighted by Gasteiger charge is 2.44. The van der Waals surface area contributed by atoms with Gasteiger partial charge in [0.25, 0.3) is 11.8 Å². The zero-order valence-corrected chi connectivity index (χ0v) is 16.9. The minimum atomic E-state index is -1.10. The van der Waals surface area contributed by atoms with Crippen LogP contribution in [0.5, 0.6) is 0 Å². The molecule has 1 aliphatic heterocycles. The van der Waals surface area contributed by atoms with E-state index in [1.807, 2.05) is 26.0 Å². The van der Waals surface area contributed by atoms with Crippen molar-refractivity contribution in [1.29, 1.82) is 0 Å². The zero-order valence-electron chi connectivity index (χ0n) is 16.9. The minimum Gasteiger partial charge on any atom is -0.456 e. The highest BCUT2D eigenvalue weighted by Crippen LogP contribution is 2.27. The van der Waals surface area contributed by atoms with E-state index in [2.05, 4.69) is 0 Å². The summed E-state index contributed by atoms with van der Waals surface area (Å²) in [5, 5.41) is 0. The number of ether oxygens (including phenoxy) is 1. The van der Waals surface area contributed by atoms with Crippen molar-refractivity contribution in [2.45, 2.75) is 33.7 Å². The number of nitrogens with zero attached hydrogens (tertiary/aromatic N) is 1. The standard InChI is InChI=1S/C23H23NO5/c1-13(2)20(24-21(26)17-7-5-6-8-18(17)22(24)27)23(28)29-12-19(25)16-10-9-14(3)11-15(16)4/h5-11,13,20H,12H2,1-4H3/t20-/m1/s1. The molecule has 0 aromatic heterocycles. The molecular weight excluding hydrogens is 370 g/mol. The van der Waals surface area contributed by atoms with Crippen molar-refractivity contribution in [3.8, 4) is 0 Å². The molecule has 0 saturated carbocycles. The summed E-state index contributed by atoms with van der Waals surface area (Å²) in [6, 6.07) is 10.7. The van der Waals surface area contributed by atoms with Crippen LogP contribution in [-0.4, -0.2) is 41.1 Å². The highest BCUT2D eigenvalue weighted by atomic mass is 16.5. The normalized spacial score (nSPS) is 14.2. The summed E-state index contributed by atoms with van der Waals surface area (Å²) < 4.78 is 5.24. The summed E-state index contributed by atoms with van der Waals surface area (Å²) in [7, 11) is 0. The molecule has 0 spiro atoms. The molecule has 29 heavy (non-hydrogen) atoms. The zero-order chi connectivity index (χ0) is 21.3. The third-order valence-corrected chi connectivity index (χ3v) is 5.00. The van der Waals surface area contributed by atoms with Crippen molar-refractivity contribution in [2.24, 2.45) is 5.92 Å². The summed E-state index contributed by atoms with van der Waals surface area (Å²) in [4.78, 5) is 51.6. The second kappa shape index (κ2) is 7.99. The Morgan fingerprint density at radius 1 is 0.966 bits per heavy atom. The number of hydrogen-bond acceptors (Lipinski definition) is 5. The van der Waals surface area contributed by atoms with Gasteiger partial charge in [0, 0.05) is 5.56 Å². The Bertz CT molecular complexity index is 973. The van der Waals surface area contributed by atoms with Crippen molar-refractivity contribution < 1.29 is 23.9 Å². The maximum absolute atomic E-state index is 12.8. The average molecular weight is 393 g/mol. The lowest BCUT2D eigenvalue weighted by molar-refractivity contribution is -0.148. The summed E-state index contributed by atoms with van der Waals surface area (Å²) >= 11 is 0. The van der Waals surface area contributed by atoms with Gasteiger partial charge in [0.1, 0.15) is 6.04 Å². The molecule has 0 fully saturated rings. The number of rotatable bonds is 6. The second-order valence-electron chi connectivity index (χ2n) is 7.56. The maximum Gasteiger partial charge on any atom is 0.330 e. The van der Waals surface area contributed by atoms with Crippen LogP contribution in [0.4, 0.5) is 0 Å². The summed E-state index contributed by atoms with van der Waals surface area (Å²) in [5.41, 5.74) is 2.84. The van der Waals surface area contributed by atoms with Crippen LogP contribution in [0.25, 0.3) is 0 Å². The molecular formula is C23H23NO5.